The highest BCUT2D eigenvalue weighted by atomic mass is 16.5. The number of aryl methyl sites for hydroxylation is 1. The highest BCUT2D eigenvalue weighted by Crippen LogP contribution is 2.37. The summed E-state index contributed by atoms with van der Waals surface area (Å²) in [6.07, 6.45) is 8.08. The van der Waals surface area contributed by atoms with Crippen LogP contribution in [0.5, 0.6) is 5.75 Å². The van der Waals surface area contributed by atoms with E-state index in [1.165, 1.54) is 5.56 Å². The summed E-state index contributed by atoms with van der Waals surface area (Å²) in [6, 6.07) is 18.5. The number of hydrogen-bond donors (Lipinski definition) is 2. The number of amides is 1. The van der Waals surface area contributed by atoms with E-state index in [1.54, 1.807) is 13.3 Å². The number of fused-ring (bicyclic) bond motifs is 1. The monoisotopic (exact) mass is 511 g/mol. The SMILES string of the molecule is COc1cc(CNC(=O)c2cn3cc(-c4ccc(C5CCC(CC(=O)O)CC5)cc4)ccc3n2)ccc1C. The van der Waals surface area contributed by atoms with Crippen LogP contribution < -0.4 is 10.1 Å². The maximum Gasteiger partial charge on any atom is 0.303 e. The molecule has 2 aromatic carbocycles. The summed E-state index contributed by atoms with van der Waals surface area (Å²) in [7, 11) is 1.64. The molecule has 1 amide bonds. The van der Waals surface area contributed by atoms with Crippen LogP contribution in [0, 0.1) is 12.8 Å². The number of aromatic nitrogens is 2. The second kappa shape index (κ2) is 11.1. The Bertz CT molecular complexity index is 1450. The van der Waals surface area contributed by atoms with Crippen molar-refractivity contribution in [1.82, 2.24) is 14.7 Å². The lowest BCUT2D eigenvalue weighted by Crippen LogP contribution is -2.23. The third-order valence-corrected chi connectivity index (χ3v) is 7.63. The third-order valence-electron chi connectivity index (χ3n) is 7.63. The summed E-state index contributed by atoms with van der Waals surface area (Å²) in [5, 5.41) is 12.0. The number of imidazole rings is 1. The highest BCUT2D eigenvalue weighted by molar-refractivity contribution is 5.92. The molecule has 5 rings (SSSR count). The molecule has 1 fully saturated rings. The van der Waals surface area contributed by atoms with E-state index in [0.717, 1.165) is 53.7 Å². The van der Waals surface area contributed by atoms with Crippen molar-refractivity contribution < 1.29 is 19.4 Å². The number of methoxy groups -OCH3 is 1. The third kappa shape index (κ3) is 5.72. The van der Waals surface area contributed by atoms with Crippen LogP contribution in [0.1, 0.15) is 65.2 Å². The molecule has 4 aromatic rings. The zero-order chi connectivity index (χ0) is 26.6. The molecule has 38 heavy (non-hydrogen) atoms. The fourth-order valence-electron chi connectivity index (χ4n) is 5.41. The Balaban J connectivity index is 1.23. The minimum Gasteiger partial charge on any atom is -0.496 e. The van der Waals surface area contributed by atoms with Crippen molar-refractivity contribution in [3.05, 3.63) is 89.4 Å². The van der Waals surface area contributed by atoms with Gasteiger partial charge < -0.3 is 19.6 Å². The molecule has 196 valence electrons. The fraction of sp³-hybridized carbons (Fsp3) is 0.323. The van der Waals surface area contributed by atoms with Gasteiger partial charge in [-0.3, -0.25) is 9.59 Å². The van der Waals surface area contributed by atoms with Gasteiger partial charge in [0.05, 0.1) is 7.11 Å². The molecule has 0 aliphatic heterocycles. The van der Waals surface area contributed by atoms with Crippen LogP contribution >= 0.6 is 0 Å². The molecule has 1 aliphatic carbocycles. The van der Waals surface area contributed by atoms with Crippen molar-refractivity contribution >= 4 is 17.5 Å². The van der Waals surface area contributed by atoms with Crippen LogP contribution in [0.3, 0.4) is 0 Å². The summed E-state index contributed by atoms with van der Waals surface area (Å²) in [4.78, 5) is 28.3. The topological polar surface area (TPSA) is 92.9 Å². The molecule has 7 heteroatoms. The molecule has 2 heterocycles. The van der Waals surface area contributed by atoms with Gasteiger partial charge in [0.25, 0.3) is 5.91 Å². The molecular formula is C31H33N3O4. The summed E-state index contributed by atoms with van der Waals surface area (Å²) in [6.45, 7) is 2.37. The summed E-state index contributed by atoms with van der Waals surface area (Å²) < 4.78 is 7.26. The quantitative estimate of drug-likeness (QED) is 0.303. The maximum atomic E-state index is 12.8. The minimum absolute atomic E-state index is 0.225. The number of pyridine rings is 1. The molecule has 0 spiro atoms. The Morgan fingerprint density at radius 3 is 2.45 bits per heavy atom. The van der Waals surface area contributed by atoms with Crippen molar-refractivity contribution in [2.24, 2.45) is 5.92 Å². The van der Waals surface area contributed by atoms with Gasteiger partial charge in [-0.1, -0.05) is 36.4 Å². The normalized spacial score (nSPS) is 17.3. The molecule has 2 N–H and O–H groups in total. The average molecular weight is 512 g/mol. The van der Waals surface area contributed by atoms with E-state index in [2.05, 4.69) is 34.6 Å². The van der Waals surface area contributed by atoms with Crippen LogP contribution in [0.4, 0.5) is 0 Å². The van der Waals surface area contributed by atoms with E-state index in [4.69, 9.17) is 9.84 Å². The second-order valence-electron chi connectivity index (χ2n) is 10.2. The number of carbonyl (C=O) groups excluding carboxylic acids is 1. The summed E-state index contributed by atoms with van der Waals surface area (Å²) in [5.41, 5.74) is 6.56. The van der Waals surface area contributed by atoms with Crippen molar-refractivity contribution in [2.75, 3.05) is 7.11 Å². The van der Waals surface area contributed by atoms with Gasteiger partial charge in [-0.2, -0.15) is 0 Å². The van der Waals surface area contributed by atoms with Crippen LogP contribution in [-0.2, 0) is 11.3 Å². The molecule has 0 atom stereocenters. The van der Waals surface area contributed by atoms with E-state index in [0.29, 0.717) is 29.7 Å². The first-order valence-corrected chi connectivity index (χ1v) is 13.1. The molecule has 1 aliphatic rings. The lowest BCUT2D eigenvalue weighted by atomic mass is 9.77. The number of carboxylic acids is 1. The molecular weight excluding hydrogens is 478 g/mol. The first-order chi connectivity index (χ1) is 18.4. The van der Waals surface area contributed by atoms with Crippen molar-refractivity contribution in [1.29, 1.82) is 0 Å². The molecule has 7 nitrogen and oxygen atoms in total. The number of nitrogens with zero attached hydrogens (tertiary/aromatic N) is 2. The lowest BCUT2D eigenvalue weighted by molar-refractivity contribution is -0.138. The van der Waals surface area contributed by atoms with Crippen molar-refractivity contribution in [3.8, 4) is 16.9 Å². The summed E-state index contributed by atoms with van der Waals surface area (Å²) in [5.74, 6) is 0.685. The van der Waals surface area contributed by atoms with Gasteiger partial charge in [0.2, 0.25) is 0 Å². The smallest absolute Gasteiger partial charge is 0.303 e. The number of hydrogen-bond acceptors (Lipinski definition) is 4. The zero-order valence-corrected chi connectivity index (χ0v) is 21.8. The molecule has 1 saturated carbocycles. The first-order valence-electron chi connectivity index (χ1n) is 13.1. The van der Waals surface area contributed by atoms with Gasteiger partial charge in [0.15, 0.2) is 0 Å². The number of rotatable bonds is 8. The molecule has 0 unspecified atom stereocenters. The Hall–Kier alpha value is -4.13. The first kappa shape index (κ1) is 25.5. The predicted molar refractivity (Wildman–Crippen MR) is 146 cm³/mol. The highest BCUT2D eigenvalue weighted by Gasteiger charge is 2.24. The Morgan fingerprint density at radius 1 is 1.00 bits per heavy atom. The van der Waals surface area contributed by atoms with E-state index in [1.807, 2.05) is 47.9 Å². The number of benzene rings is 2. The molecule has 0 bridgehead atoms. The van der Waals surface area contributed by atoms with E-state index < -0.39 is 5.97 Å². The minimum atomic E-state index is -0.691. The van der Waals surface area contributed by atoms with Gasteiger partial charge in [-0.05, 0) is 90.5 Å². The largest absolute Gasteiger partial charge is 0.496 e. The lowest BCUT2D eigenvalue weighted by Gasteiger charge is -2.28. The Morgan fingerprint density at radius 2 is 1.74 bits per heavy atom. The average Bonchev–Trinajstić information content (AvgIpc) is 3.36. The van der Waals surface area contributed by atoms with Crippen LogP contribution in [0.25, 0.3) is 16.8 Å². The van der Waals surface area contributed by atoms with Gasteiger partial charge in [0.1, 0.15) is 17.1 Å². The number of carbonyl (C=O) groups is 2. The summed E-state index contributed by atoms with van der Waals surface area (Å²) >= 11 is 0. The maximum absolute atomic E-state index is 12.8. The molecule has 0 radical (unpaired) electrons. The van der Waals surface area contributed by atoms with E-state index in [9.17, 15) is 9.59 Å². The number of ether oxygens (including phenoxy) is 1. The van der Waals surface area contributed by atoms with Crippen LogP contribution in [-0.4, -0.2) is 33.5 Å². The number of nitrogens with one attached hydrogen (secondary N) is 1. The fourth-order valence-corrected chi connectivity index (χ4v) is 5.41. The predicted octanol–water partition coefficient (Wildman–Crippen LogP) is 6.00. The van der Waals surface area contributed by atoms with E-state index >= 15 is 0 Å². The van der Waals surface area contributed by atoms with Crippen LogP contribution in [0.2, 0.25) is 0 Å². The van der Waals surface area contributed by atoms with E-state index in [-0.39, 0.29) is 12.3 Å². The number of aliphatic carboxylic acids is 1. The van der Waals surface area contributed by atoms with Gasteiger partial charge in [0, 0.05) is 25.4 Å². The molecule has 0 saturated heterocycles. The zero-order valence-electron chi connectivity index (χ0n) is 21.8. The number of carboxylic acid groups (broad SMARTS) is 1. The van der Waals surface area contributed by atoms with Crippen molar-refractivity contribution in [3.63, 3.8) is 0 Å². The van der Waals surface area contributed by atoms with Gasteiger partial charge in [-0.25, -0.2) is 4.98 Å². The molecule has 2 aromatic heterocycles. The Labute approximate surface area is 222 Å². The van der Waals surface area contributed by atoms with Crippen molar-refractivity contribution in [2.45, 2.75) is 51.5 Å². The Kier molecular flexibility index (Phi) is 7.45. The van der Waals surface area contributed by atoms with Crippen LogP contribution in [0.15, 0.2) is 67.0 Å². The second-order valence-corrected chi connectivity index (χ2v) is 10.2. The standard InChI is InChI=1S/C31H33N3O4/c1-20-3-4-22(15-28(20)38-2)17-32-31(37)27-19-34-18-26(13-14-29(34)33-27)25-11-9-24(10-12-25)23-7-5-21(6-8-23)16-30(35)36/h3-4,9-15,18-19,21,23H,5-8,16-17H2,1-2H3,(H,32,37)(H,35,36). The van der Waals surface area contributed by atoms with Gasteiger partial charge in [-0.15, -0.1) is 0 Å². The van der Waals surface area contributed by atoms with Gasteiger partial charge >= 0.3 is 5.97 Å².